The topological polar surface area (TPSA) is 62.1 Å². The molecule has 130 valence electrons. The van der Waals surface area contributed by atoms with Crippen LogP contribution in [0, 0.1) is 0 Å². The minimum atomic E-state index is -0.247. The van der Waals surface area contributed by atoms with E-state index in [0.717, 1.165) is 22.7 Å². The lowest BCUT2D eigenvalue weighted by molar-refractivity contribution is 0.0483. The van der Waals surface area contributed by atoms with Gasteiger partial charge in [0.1, 0.15) is 6.73 Å². The Morgan fingerprint density at radius 2 is 2.17 bits per heavy atom. The molecule has 2 rings (SSSR count). The summed E-state index contributed by atoms with van der Waals surface area (Å²) in [6, 6.07) is 1.72. The number of pyridine rings is 1. The molecule has 24 heavy (non-hydrogen) atoms. The van der Waals surface area contributed by atoms with Gasteiger partial charge in [-0.05, 0) is 19.4 Å². The van der Waals surface area contributed by atoms with Crippen LogP contribution < -0.4 is 10.3 Å². The van der Waals surface area contributed by atoms with Crippen molar-refractivity contribution in [3.63, 3.8) is 0 Å². The lowest BCUT2D eigenvalue weighted by Crippen LogP contribution is -2.23. The Morgan fingerprint density at radius 3 is 2.92 bits per heavy atom. The van der Waals surface area contributed by atoms with Crippen LogP contribution in [0.1, 0.15) is 13.3 Å². The van der Waals surface area contributed by atoms with Crippen molar-refractivity contribution in [1.82, 2.24) is 4.57 Å². The highest BCUT2D eigenvalue weighted by atomic mass is 32.2. The van der Waals surface area contributed by atoms with Crippen molar-refractivity contribution in [2.75, 3.05) is 26.8 Å². The largest absolute Gasteiger partial charge is 0.462 e. The van der Waals surface area contributed by atoms with Crippen LogP contribution in [-0.4, -0.2) is 37.0 Å². The molecular weight excluding hydrogens is 328 g/mol. The second kappa shape index (κ2) is 9.46. The van der Waals surface area contributed by atoms with Crippen molar-refractivity contribution in [3.05, 3.63) is 46.5 Å². The normalized spacial score (nSPS) is 14.1. The zero-order valence-electron chi connectivity index (χ0n) is 14.2. The SMILES string of the molecule is COCOc1cc(SCC2=NC(C)=CCC=C2)cn(COC)c1=O. The summed E-state index contributed by atoms with van der Waals surface area (Å²) in [6.07, 6.45) is 8.88. The van der Waals surface area contributed by atoms with E-state index in [1.807, 2.05) is 13.0 Å². The number of aromatic nitrogens is 1. The third-order valence-corrected chi connectivity index (χ3v) is 4.19. The second-order valence-electron chi connectivity index (χ2n) is 5.16. The Balaban J connectivity index is 2.18. The van der Waals surface area contributed by atoms with Gasteiger partial charge < -0.3 is 14.2 Å². The Labute approximate surface area is 145 Å². The number of hydrogen-bond acceptors (Lipinski definition) is 6. The average molecular weight is 350 g/mol. The van der Waals surface area contributed by atoms with Gasteiger partial charge in [-0.15, -0.1) is 11.8 Å². The van der Waals surface area contributed by atoms with E-state index >= 15 is 0 Å². The summed E-state index contributed by atoms with van der Waals surface area (Å²) in [7, 11) is 3.06. The van der Waals surface area contributed by atoms with E-state index in [1.165, 1.54) is 11.7 Å². The minimum Gasteiger partial charge on any atom is -0.462 e. The third-order valence-electron chi connectivity index (χ3n) is 3.19. The van der Waals surface area contributed by atoms with Gasteiger partial charge in [0.05, 0.1) is 5.71 Å². The minimum absolute atomic E-state index is 0.0236. The summed E-state index contributed by atoms with van der Waals surface area (Å²) < 4.78 is 16.8. The summed E-state index contributed by atoms with van der Waals surface area (Å²) in [6.45, 7) is 2.18. The number of hydrogen-bond donors (Lipinski definition) is 0. The molecule has 7 heteroatoms. The highest BCUT2D eigenvalue weighted by Gasteiger charge is 2.10. The maximum absolute atomic E-state index is 12.3. The third kappa shape index (κ3) is 5.36. The Hall–Kier alpha value is -1.83. The van der Waals surface area contributed by atoms with Gasteiger partial charge in [0.15, 0.2) is 12.5 Å². The number of methoxy groups -OCH3 is 2. The molecule has 1 aliphatic rings. The lowest BCUT2D eigenvalue weighted by Gasteiger charge is -2.11. The highest BCUT2D eigenvalue weighted by Crippen LogP contribution is 2.22. The molecule has 0 aliphatic carbocycles. The Kier molecular flexibility index (Phi) is 7.30. The van der Waals surface area contributed by atoms with Gasteiger partial charge in [0, 0.05) is 42.8 Å². The highest BCUT2D eigenvalue weighted by molar-refractivity contribution is 8.00. The van der Waals surface area contributed by atoms with Crippen LogP contribution in [-0.2, 0) is 16.2 Å². The monoisotopic (exact) mass is 350 g/mol. The summed E-state index contributed by atoms with van der Waals surface area (Å²) in [5.74, 6) is 0.949. The predicted octanol–water partition coefficient (Wildman–Crippen LogP) is 2.83. The molecule has 6 nitrogen and oxygen atoms in total. The van der Waals surface area contributed by atoms with E-state index in [0.29, 0.717) is 5.75 Å². The standard InChI is InChI=1S/C17H22N2O4S/c1-13-6-4-5-7-14(18-13)10-24-15-8-16(23-12-22-3)17(20)19(9-15)11-21-2/h5-9H,4,10-12H2,1-3H3. The van der Waals surface area contributed by atoms with Gasteiger partial charge in [-0.25, -0.2) is 0 Å². The van der Waals surface area contributed by atoms with Crippen molar-refractivity contribution < 1.29 is 14.2 Å². The molecule has 0 N–H and O–H groups in total. The van der Waals surface area contributed by atoms with Crippen LogP contribution in [0.15, 0.2) is 50.9 Å². The summed E-state index contributed by atoms with van der Waals surface area (Å²) in [5.41, 5.74) is 1.77. The van der Waals surface area contributed by atoms with E-state index < -0.39 is 0 Å². The molecule has 0 amide bonds. The molecule has 2 heterocycles. The molecule has 0 saturated carbocycles. The number of rotatable bonds is 8. The lowest BCUT2D eigenvalue weighted by atomic mass is 10.3. The van der Waals surface area contributed by atoms with Gasteiger partial charge in [-0.2, -0.15) is 0 Å². The molecule has 1 aromatic rings. The van der Waals surface area contributed by atoms with Crippen LogP contribution in [0.4, 0.5) is 0 Å². The van der Waals surface area contributed by atoms with Crippen molar-refractivity contribution in [1.29, 1.82) is 0 Å². The molecule has 1 aromatic heterocycles. The van der Waals surface area contributed by atoms with E-state index in [-0.39, 0.29) is 24.8 Å². The van der Waals surface area contributed by atoms with E-state index in [4.69, 9.17) is 14.2 Å². The summed E-state index contributed by atoms with van der Waals surface area (Å²) >= 11 is 1.59. The number of thioether (sulfide) groups is 1. The molecule has 0 fully saturated rings. The quantitative estimate of drug-likeness (QED) is 0.533. The molecule has 0 unspecified atom stereocenters. The fourth-order valence-corrected chi connectivity index (χ4v) is 2.98. The van der Waals surface area contributed by atoms with Crippen LogP contribution in [0.3, 0.4) is 0 Å². The van der Waals surface area contributed by atoms with Crippen LogP contribution >= 0.6 is 11.8 Å². The fraction of sp³-hybridized carbons (Fsp3) is 0.412. The second-order valence-corrected chi connectivity index (χ2v) is 6.21. The van der Waals surface area contributed by atoms with Crippen molar-refractivity contribution in [2.45, 2.75) is 25.0 Å². The average Bonchev–Trinajstić information content (AvgIpc) is 2.78. The maximum Gasteiger partial charge on any atom is 0.294 e. The molecular formula is C17H22N2O4S. The van der Waals surface area contributed by atoms with Gasteiger partial charge in [0.25, 0.3) is 5.56 Å². The molecule has 0 aromatic carbocycles. The number of ether oxygens (including phenoxy) is 3. The maximum atomic E-state index is 12.3. The van der Waals surface area contributed by atoms with Crippen LogP contribution in [0.25, 0.3) is 0 Å². The first kappa shape index (κ1) is 18.5. The van der Waals surface area contributed by atoms with E-state index in [9.17, 15) is 4.79 Å². The van der Waals surface area contributed by atoms with Crippen molar-refractivity contribution >= 4 is 17.5 Å². The fourth-order valence-electron chi connectivity index (χ4n) is 2.11. The zero-order valence-corrected chi connectivity index (χ0v) is 15.0. The first-order valence-corrected chi connectivity index (χ1v) is 8.51. The predicted molar refractivity (Wildman–Crippen MR) is 95.9 cm³/mol. The van der Waals surface area contributed by atoms with Crippen molar-refractivity contribution in [3.8, 4) is 5.75 Å². The van der Waals surface area contributed by atoms with Gasteiger partial charge in [0.2, 0.25) is 0 Å². The van der Waals surface area contributed by atoms with Gasteiger partial charge >= 0.3 is 0 Å². The van der Waals surface area contributed by atoms with Crippen molar-refractivity contribution in [2.24, 2.45) is 4.99 Å². The molecule has 0 atom stereocenters. The smallest absolute Gasteiger partial charge is 0.294 e. The van der Waals surface area contributed by atoms with Crippen LogP contribution in [0.5, 0.6) is 5.75 Å². The molecule has 0 bridgehead atoms. The van der Waals surface area contributed by atoms with E-state index in [1.54, 1.807) is 31.1 Å². The number of aliphatic imine (C=N–C) groups is 1. The van der Waals surface area contributed by atoms with E-state index in [2.05, 4.69) is 17.1 Å². The Morgan fingerprint density at radius 1 is 1.33 bits per heavy atom. The first-order chi connectivity index (χ1) is 11.6. The molecule has 0 spiro atoms. The van der Waals surface area contributed by atoms with Gasteiger partial charge in [-0.1, -0.05) is 12.2 Å². The molecule has 1 aliphatic heterocycles. The van der Waals surface area contributed by atoms with Gasteiger partial charge in [-0.3, -0.25) is 14.4 Å². The zero-order chi connectivity index (χ0) is 17.4. The number of nitrogens with zero attached hydrogens (tertiary/aromatic N) is 2. The summed E-state index contributed by atoms with van der Waals surface area (Å²) in [4.78, 5) is 17.7. The number of allylic oxidation sites excluding steroid dienone is 4. The summed E-state index contributed by atoms with van der Waals surface area (Å²) in [5, 5.41) is 0. The molecule has 0 saturated heterocycles. The Bertz CT molecular complexity index is 707. The first-order valence-electron chi connectivity index (χ1n) is 7.53. The van der Waals surface area contributed by atoms with Crippen LogP contribution in [0.2, 0.25) is 0 Å². The molecule has 0 radical (unpaired) electrons.